The molecule has 5 heteroatoms. The molecule has 4 nitrogen and oxygen atoms in total. The van der Waals surface area contributed by atoms with Crippen LogP contribution in [0.1, 0.15) is 41.5 Å². The first-order valence-electron chi connectivity index (χ1n) is 6.36. The van der Waals surface area contributed by atoms with Crippen molar-refractivity contribution < 1.29 is 9.59 Å². The minimum atomic E-state index is -0.0963. The fourth-order valence-electron chi connectivity index (χ4n) is 1.29. The first kappa shape index (κ1) is 17.3. The predicted molar refractivity (Wildman–Crippen MR) is 77.7 cm³/mol. The van der Waals surface area contributed by atoms with Gasteiger partial charge < -0.3 is 10.2 Å². The maximum atomic E-state index is 12.0. The lowest BCUT2D eigenvalue weighted by Crippen LogP contribution is -2.43. The van der Waals surface area contributed by atoms with E-state index in [0.29, 0.717) is 12.3 Å². The molecule has 0 heterocycles. The highest BCUT2D eigenvalue weighted by molar-refractivity contribution is 8.01. The summed E-state index contributed by atoms with van der Waals surface area (Å²) in [6.45, 7) is 12.7. The molecule has 0 aromatic heterocycles. The van der Waals surface area contributed by atoms with Crippen molar-refractivity contribution in [2.45, 2.75) is 52.3 Å². The number of hydrogen-bond acceptors (Lipinski definition) is 3. The van der Waals surface area contributed by atoms with E-state index >= 15 is 0 Å². The van der Waals surface area contributed by atoms with Crippen LogP contribution in [0, 0.1) is 0 Å². The van der Waals surface area contributed by atoms with Gasteiger partial charge in [-0.25, -0.2) is 0 Å². The summed E-state index contributed by atoms with van der Waals surface area (Å²) >= 11 is 1.60. The normalized spacial score (nSPS) is 11.5. The summed E-state index contributed by atoms with van der Waals surface area (Å²) in [6, 6.07) is 0.107. The lowest BCUT2D eigenvalue weighted by atomic mass is 10.3. The Labute approximate surface area is 115 Å². The zero-order valence-corrected chi connectivity index (χ0v) is 13.2. The fraction of sp³-hybridized carbons (Fsp3) is 0.846. The van der Waals surface area contributed by atoms with Crippen LogP contribution in [0.25, 0.3) is 0 Å². The average molecular weight is 274 g/mol. The molecule has 0 aromatic carbocycles. The van der Waals surface area contributed by atoms with E-state index in [1.54, 1.807) is 16.7 Å². The molecule has 0 aliphatic carbocycles. The van der Waals surface area contributed by atoms with Crippen LogP contribution in [-0.2, 0) is 9.59 Å². The van der Waals surface area contributed by atoms with Crippen LogP contribution in [0.2, 0.25) is 0 Å². The van der Waals surface area contributed by atoms with Crippen LogP contribution >= 0.6 is 11.8 Å². The van der Waals surface area contributed by atoms with Crippen molar-refractivity contribution in [2.75, 3.05) is 18.8 Å². The summed E-state index contributed by atoms with van der Waals surface area (Å²) in [7, 11) is 0. The molecule has 0 rings (SSSR count). The van der Waals surface area contributed by atoms with E-state index in [4.69, 9.17) is 0 Å². The fourth-order valence-corrected chi connectivity index (χ4v) is 2.03. The predicted octanol–water partition coefficient (Wildman–Crippen LogP) is 1.89. The highest BCUT2D eigenvalue weighted by Crippen LogP contribution is 2.23. The van der Waals surface area contributed by atoms with Crippen LogP contribution in [0.15, 0.2) is 0 Å². The quantitative estimate of drug-likeness (QED) is 0.804. The van der Waals surface area contributed by atoms with Crippen molar-refractivity contribution in [1.29, 1.82) is 0 Å². The smallest absolute Gasteiger partial charge is 0.239 e. The van der Waals surface area contributed by atoms with Gasteiger partial charge in [0.2, 0.25) is 11.8 Å². The number of rotatable bonds is 6. The SMILES string of the molecule is CCN(CC(=O)NC(C)C)C(=O)CSC(C)(C)C. The maximum absolute atomic E-state index is 12.0. The summed E-state index contributed by atoms with van der Waals surface area (Å²) in [5.41, 5.74) is 0. The van der Waals surface area contributed by atoms with Crippen molar-refractivity contribution in [3.05, 3.63) is 0 Å². The van der Waals surface area contributed by atoms with E-state index in [0.717, 1.165) is 0 Å². The Bertz CT molecular complexity index is 285. The van der Waals surface area contributed by atoms with Crippen LogP contribution in [0.3, 0.4) is 0 Å². The van der Waals surface area contributed by atoms with Crippen LogP contribution < -0.4 is 5.32 Å². The molecule has 0 aliphatic rings. The molecule has 0 aromatic rings. The molecule has 0 saturated carbocycles. The molecular formula is C13H26N2O2S. The van der Waals surface area contributed by atoms with E-state index in [1.165, 1.54) is 0 Å². The van der Waals surface area contributed by atoms with Crippen molar-refractivity contribution in [3.63, 3.8) is 0 Å². The third-order valence-electron chi connectivity index (χ3n) is 2.15. The van der Waals surface area contributed by atoms with Crippen molar-refractivity contribution >= 4 is 23.6 Å². The van der Waals surface area contributed by atoms with Gasteiger partial charge in [-0.2, -0.15) is 0 Å². The zero-order valence-electron chi connectivity index (χ0n) is 12.4. The highest BCUT2D eigenvalue weighted by atomic mass is 32.2. The van der Waals surface area contributed by atoms with E-state index in [2.05, 4.69) is 26.1 Å². The minimum absolute atomic E-state index is 0.0244. The zero-order chi connectivity index (χ0) is 14.3. The Morgan fingerprint density at radius 3 is 2.22 bits per heavy atom. The molecule has 2 amide bonds. The molecule has 0 unspecified atom stereocenters. The van der Waals surface area contributed by atoms with Gasteiger partial charge >= 0.3 is 0 Å². The average Bonchev–Trinajstić information content (AvgIpc) is 2.20. The lowest BCUT2D eigenvalue weighted by molar-refractivity contribution is -0.134. The lowest BCUT2D eigenvalue weighted by Gasteiger charge is -2.23. The molecule has 0 saturated heterocycles. The van der Waals surface area contributed by atoms with Gasteiger partial charge in [-0.05, 0) is 20.8 Å². The molecule has 18 heavy (non-hydrogen) atoms. The minimum Gasteiger partial charge on any atom is -0.352 e. The summed E-state index contributed by atoms with van der Waals surface area (Å²) in [5, 5.41) is 2.80. The number of carbonyl (C=O) groups excluding carboxylic acids is 2. The second kappa shape index (κ2) is 7.67. The number of nitrogens with zero attached hydrogens (tertiary/aromatic N) is 1. The number of carbonyl (C=O) groups is 2. The summed E-state index contributed by atoms with van der Waals surface area (Å²) in [6.07, 6.45) is 0. The molecule has 1 N–H and O–H groups in total. The Morgan fingerprint density at radius 1 is 1.28 bits per heavy atom. The van der Waals surface area contributed by atoms with Crippen LogP contribution in [-0.4, -0.2) is 46.3 Å². The molecule has 0 bridgehead atoms. The van der Waals surface area contributed by atoms with E-state index in [1.807, 2.05) is 20.8 Å². The topological polar surface area (TPSA) is 49.4 Å². The third kappa shape index (κ3) is 8.39. The van der Waals surface area contributed by atoms with Crippen LogP contribution in [0.4, 0.5) is 0 Å². The van der Waals surface area contributed by atoms with Gasteiger partial charge in [0.1, 0.15) is 0 Å². The summed E-state index contributed by atoms with van der Waals surface area (Å²) < 4.78 is 0.0647. The molecule has 0 spiro atoms. The Morgan fingerprint density at radius 2 is 1.83 bits per heavy atom. The van der Waals surface area contributed by atoms with Gasteiger partial charge in [-0.3, -0.25) is 9.59 Å². The molecule has 0 fully saturated rings. The summed E-state index contributed by atoms with van der Waals surface area (Å²) in [5.74, 6) is 0.351. The van der Waals surface area contributed by atoms with Gasteiger partial charge in [0.15, 0.2) is 0 Å². The molecule has 0 aliphatic heterocycles. The summed E-state index contributed by atoms with van der Waals surface area (Å²) in [4.78, 5) is 25.2. The maximum Gasteiger partial charge on any atom is 0.239 e. The first-order chi connectivity index (χ1) is 8.15. The van der Waals surface area contributed by atoms with Gasteiger partial charge in [-0.1, -0.05) is 20.8 Å². The van der Waals surface area contributed by atoms with Gasteiger partial charge in [0.05, 0.1) is 12.3 Å². The Balaban J connectivity index is 4.24. The van der Waals surface area contributed by atoms with Gasteiger partial charge in [-0.15, -0.1) is 11.8 Å². The van der Waals surface area contributed by atoms with E-state index < -0.39 is 0 Å². The van der Waals surface area contributed by atoms with Crippen molar-refractivity contribution in [3.8, 4) is 0 Å². The molecule has 0 radical (unpaired) electrons. The standard InChI is InChI=1S/C13H26N2O2S/c1-7-15(8-11(16)14-10(2)3)12(17)9-18-13(4,5)6/h10H,7-9H2,1-6H3,(H,14,16). The highest BCUT2D eigenvalue weighted by Gasteiger charge is 2.19. The van der Waals surface area contributed by atoms with Gasteiger partial charge in [0.25, 0.3) is 0 Å². The molecule has 0 atom stereocenters. The van der Waals surface area contributed by atoms with E-state index in [-0.39, 0.29) is 29.1 Å². The van der Waals surface area contributed by atoms with E-state index in [9.17, 15) is 9.59 Å². The number of thioether (sulfide) groups is 1. The van der Waals surface area contributed by atoms with Crippen LogP contribution in [0.5, 0.6) is 0 Å². The largest absolute Gasteiger partial charge is 0.352 e. The molecular weight excluding hydrogens is 248 g/mol. The molecule has 106 valence electrons. The monoisotopic (exact) mass is 274 g/mol. The number of hydrogen-bond donors (Lipinski definition) is 1. The number of likely N-dealkylation sites (N-methyl/N-ethyl adjacent to an activating group) is 1. The van der Waals surface area contributed by atoms with Gasteiger partial charge in [0, 0.05) is 17.3 Å². The Hall–Kier alpha value is -0.710. The third-order valence-corrected chi connectivity index (χ3v) is 3.40. The van der Waals surface area contributed by atoms with Crippen molar-refractivity contribution in [1.82, 2.24) is 10.2 Å². The second-order valence-corrected chi connectivity index (χ2v) is 7.33. The Kier molecular flexibility index (Phi) is 7.36. The van der Waals surface area contributed by atoms with Crippen molar-refractivity contribution in [2.24, 2.45) is 0 Å². The number of amides is 2. The first-order valence-corrected chi connectivity index (χ1v) is 7.35. The second-order valence-electron chi connectivity index (χ2n) is 5.53. The number of nitrogens with one attached hydrogen (secondary N) is 1.